The van der Waals surface area contributed by atoms with Crippen LogP contribution in [0.25, 0.3) is 89.4 Å². The predicted octanol–water partition coefficient (Wildman–Crippen LogP) is 13.3. The van der Waals surface area contributed by atoms with E-state index in [1.165, 1.54) is 33.4 Å². The fraction of sp³-hybridized carbons (Fsp3) is 0.0577. The van der Waals surface area contributed by atoms with E-state index in [1.54, 1.807) is 0 Å². The van der Waals surface area contributed by atoms with Crippen molar-refractivity contribution in [2.45, 2.75) is 19.3 Å². The Hall–Kier alpha value is -6.97. The molecule has 0 aliphatic heterocycles. The topological polar surface area (TPSA) is 38.7 Å². The van der Waals surface area contributed by atoms with Crippen LogP contribution < -0.4 is 0 Å². The van der Waals surface area contributed by atoms with Gasteiger partial charge in [-0.3, -0.25) is 0 Å². The van der Waals surface area contributed by atoms with E-state index in [0.717, 1.165) is 49.7 Å². The molecule has 0 saturated carbocycles. The molecule has 9 aromatic rings. The zero-order chi connectivity index (χ0) is 36.9. The maximum atomic E-state index is 5.31. The van der Waals surface area contributed by atoms with E-state index in [1.807, 2.05) is 12.1 Å². The normalized spacial score (nSPS) is 12.7. The molecule has 55 heavy (non-hydrogen) atoms. The lowest BCUT2D eigenvalue weighted by Gasteiger charge is -2.22. The number of nitrogens with zero attached hydrogens (tertiary/aromatic N) is 3. The molecule has 0 N–H and O–H groups in total. The van der Waals surface area contributed by atoms with E-state index in [2.05, 4.69) is 190 Å². The van der Waals surface area contributed by atoms with Gasteiger partial charge in [0.15, 0.2) is 17.5 Å². The third kappa shape index (κ3) is 5.73. The van der Waals surface area contributed by atoms with E-state index >= 15 is 0 Å². The van der Waals surface area contributed by atoms with Gasteiger partial charge >= 0.3 is 0 Å². The Kier molecular flexibility index (Phi) is 7.81. The highest BCUT2D eigenvalue weighted by Crippen LogP contribution is 2.50. The predicted molar refractivity (Wildman–Crippen MR) is 228 cm³/mol. The van der Waals surface area contributed by atoms with Gasteiger partial charge in [-0.1, -0.05) is 196 Å². The average Bonchev–Trinajstić information content (AvgIpc) is 3.49. The highest BCUT2D eigenvalue weighted by Gasteiger charge is 2.35. The first kappa shape index (κ1) is 32.7. The fourth-order valence-electron chi connectivity index (χ4n) is 8.26. The van der Waals surface area contributed by atoms with Crippen LogP contribution in [0.15, 0.2) is 188 Å². The van der Waals surface area contributed by atoms with Crippen LogP contribution in [0.1, 0.15) is 25.0 Å². The first-order valence-electron chi connectivity index (χ1n) is 18.9. The standard InChI is InChI=1S/C52H37N3/c1-52(2)46-20-12-11-19-44(46)45-32-30-41(33-47(45)52)43-31-29-38-17-9-10-18-42(38)48(43)51-54-49(39-25-21-36(22-26-39)34-13-5-3-6-14-34)53-50(55-51)40-27-23-37(24-28-40)35-15-7-4-8-16-35/h3-33H,1-2H3. The lowest BCUT2D eigenvalue weighted by atomic mass is 9.81. The zero-order valence-corrected chi connectivity index (χ0v) is 30.7. The first-order valence-corrected chi connectivity index (χ1v) is 18.9. The molecule has 1 aliphatic rings. The van der Waals surface area contributed by atoms with Crippen molar-refractivity contribution in [1.29, 1.82) is 0 Å². The molecule has 8 aromatic carbocycles. The molecule has 1 aliphatic carbocycles. The van der Waals surface area contributed by atoms with Crippen LogP contribution in [0.5, 0.6) is 0 Å². The molecule has 0 radical (unpaired) electrons. The molecule has 0 atom stereocenters. The Morgan fingerprint density at radius 2 is 0.782 bits per heavy atom. The number of fused-ring (bicyclic) bond motifs is 4. The SMILES string of the molecule is CC1(C)c2ccccc2-c2ccc(-c3ccc4ccccc4c3-c3nc(-c4ccc(-c5ccccc5)cc4)nc(-c4ccc(-c5ccccc5)cc4)n3)cc21. The minimum atomic E-state index is -0.121. The van der Waals surface area contributed by atoms with Gasteiger partial charge in [-0.2, -0.15) is 0 Å². The van der Waals surface area contributed by atoms with Crippen molar-refractivity contribution in [1.82, 2.24) is 15.0 Å². The van der Waals surface area contributed by atoms with Gasteiger partial charge < -0.3 is 0 Å². The summed E-state index contributed by atoms with van der Waals surface area (Å²) in [5.74, 6) is 1.92. The third-order valence-corrected chi connectivity index (χ3v) is 11.2. The number of benzene rings is 8. The van der Waals surface area contributed by atoms with Crippen molar-refractivity contribution in [3.63, 3.8) is 0 Å². The Morgan fingerprint density at radius 3 is 1.42 bits per heavy atom. The lowest BCUT2D eigenvalue weighted by molar-refractivity contribution is 0.660. The average molecular weight is 704 g/mol. The van der Waals surface area contributed by atoms with E-state index in [-0.39, 0.29) is 5.41 Å². The second kappa shape index (κ2) is 13.2. The molecule has 0 bridgehead atoms. The van der Waals surface area contributed by atoms with Crippen molar-refractivity contribution in [3.8, 4) is 78.7 Å². The highest BCUT2D eigenvalue weighted by molar-refractivity contribution is 6.03. The summed E-state index contributed by atoms with van der Waals surface area (Å²) in [5, 5.41) is 2.24. The Morgan fingerprint density at radius 1 is 0.327 bits per heavy atom. The summed E-state index contributed by atoms with van der Waals surface area (Å²) in [6, 6.07) is 66.7. The van der Waals surface area contributed by atoms with Crippen molar-refractivity contribution >= 4 is 10.8 Å². The molecule has 3 nitrogen and oxygen atoms in total. The summed E-state index contributed by atoms with van der Waals surface area (Å²) >= 11 is 0. The van der Waals surface area contributed by atoms with Crippen molar-refractivity contribution in [2.75, 3.05) is 0 Å². The maximum Gasteiger partial charge on any atom is 0.165 e. The molecule has 0 saturated heterocycles. The van der Waals surface area contributed by atoms with Crippen molar-refractivity contribution < 1.29 is 0 Å². The molecular weight excluding hydrogens is 667 g/mol. The molecule has 0 amide bonds. The zero-order valence-electron chi connectivity index (χ0n) is 30.7. The fourth-order valence-corrected chi connectivity index (χ4v) is 8.26. The Labute approximate surface area is 321 Å². The maximum absolute atomic E-state index is 5.31. The van der Waals surface area contributed by atoms with E-state index in [9.17, 15) is 0 Å². The van der Waals surface area contributed by atoms with E-state index in [0.29, 0.717) is 17.5 Å². The van der Waals surface area contributed by atoms with Crippen molar-refractivity contribution in [3.05, 3.63) is 199 Å². The molecule has 0 fully saturated rings. The Bertz CT molecular complexity index is 2760. The second-order valence-corrected chi connectivity index (χ2v) is 14.8. The van der Waals surface area contributed by atoms with Crippen LogP contribution in [0.4, 0.5) is 0 Å². The molecule has 260 valence electrons. The number of hydrogen-bond acceptors (Lipinski definition) is 3. The highest BCUT2D eigenvalue weighted by atomic mass is 15.0. The number of rotatable bonds is 6. The molecule has 1 heterocycles. The molecule has 10 rings (SSSR count). The largest absolute Gasteiger partial charge is 0.208 e. The summed E-state index contributed by atoms with van der Waals surface area (Å²) < 4.78 is 0. The van der Waals surface area contributed by atoms with Gasteiger partial charge in [-0.15, -0.1) is 0 Å². The summed E-state index contributed by atoms with van der Waals surface area (Å²) in [4.78, 5) is 15.8. The summed E-state index contributed by atoms with van der Waals surface area (Å²) in [5.41, 5.74) is 14.9. The molecule has 0 unspecified atom stereocenters. The van der Waals surface area contributed by atoms with Crippen LogP contribution in [0.2, 0.25) is 0 Å². The molecule has 0 spiro atoms. The summed E-state index contributed by atoms with van der Waals surface area (Å²) in [7, 11) is 0. The smallest absolute Gasteiger partial charge is 0.165 e. The summed E-state index contributed by atoms with van der Waals surface area (Å²) in [6.07, 6.45) is 0. The lowest BCUT2D eigenvalue weighted by Crippen LogP contribution is -2.14. The van der Waals surface area contributed by atoms with Crippen LogP contribution in [-0.2, 0) is 5.41 Å². The minimum Gasteiger partial charge on any atom is -0.208 e. The van der Waals surface area contributed by atoms with Gasteiger partial charge in [-0.25, -0.2) is 15.0 Å². The Balaban J connectivity index is 1.17. The van der Waals surface area contributed by atoms with Gasteiger partial charge in [0.2, 0.25) is 0 Å². The van der Waals surface area contributed by atoms with E-state index in [4.69, 9.17) is 15.0 Å². The molecule has 1 aromatic heterocycles. The third-order valence-electron chi connectivity index (χ3n) is 11.2. The first-order chi connectivity index (χ1) is 27.0. The van der Waals surface area contributed by atoms with Gasteiger partial charge in [0.05, 0.1) is 0 Å². The molecular formula is C52H37N3. The molecule has 3 heteroatoms. The monoisotopic (exact) mass is 703 g/mol. The van der Waals surface area contributed by atoms with Gasteiger partial charge in [0.25, 0.3) is 0 Å². The van der Waals surface area contributed by atoms with Crippen LogP contribution in [0, 0.1) is 0 Å². The van der Waals surface area contributed by atoms with Gasteiger partial charge in [0, 0.05) is 22.1 Å². The summed E-state index contributed by atoms with van der Waals surface area (Å²) in [6.45, 7) is 4.67. The van der Waals surface area contributed by atoms with Crippen molar-refractivity contribution in [2.24, 2.45) is 0 Å². The number of hydrogen-bond donors (Lipinski definition) is 0. The minimum absolute atomic E-state index is 0.121. The number of aromatic nitrogens is 3. The van der Waals surface area contributed by atoms with Gasteiger partial charge in [-0.05, 0) is 72.5 Å². The second-order valence-electron chi connectivity index (χ2n) is 14.8. The van der Waals surface area contributed by atoms with E-state index < -0.39 is 0 Å². The van der Waals surface area contributed by atoms with Crippen LogP contribution in [0.3, 0.4) is 0 Å². The van der Waals surface area contributed by atoms with Crippen LogP contribution >= 0.6 is 0 Å². The van der Waals surface area contributed by atoms with Gasteiger partial charge in [0.1, 0.15) is 0 Å². The quantitative estimate of drug-likeness (QED) is 0.173. The van der Waals surface area contributed by atoms with Crippen LogP contribution in [-0.4, -0.2) is 15.0 Å².